The summed E-state index contributed by atoms with van der Waals surface area (Å²) in [7, 11) is 0. The topological polar surface area (TPSA) is 54.9 Å². The van der Waals surface area contributed by atoms with Gasteiger partial charge in [0.2, 0.25) is 5.91 Å². The van der Waals surface area contributed by atoms with E-state index in [0.717, 1.165) is 27.7 Å². The van der Waals surface area contributed by atoms with E-state index in [1.54, 1.807) is 11.8 Å². The van der Waals surface area contributed by atoms with Gasteiger partial charge in [-0.25, -0.2) is 0 Å². The van der Waals surface area contributed by atoms with Crippen LogP contribution in [0.15, 0.2) is 41.4 Å². The molecule has 5 heteroatoms. The van der Waals surface area contributed by atoms with Gasteiger partial charge < -0.3 is 5.32 Å². The van der Waals surface area contributed by atoms with Crippen molar-refractivity contribution in [1.29, 1.82) is 0 Å². The fourth-order valence-electron chi connectivity index (χ4n) is 1.70. The smallest absolute Gasteiger partial charge is 0.224 e. The standard InChI is InChI=1S/C15H17N3OS/c1-3-14(19)16-12-7-5-6-11(10-12)13-8-9-15(18-17-13)20-4-2/h5-10H,3-4H2,1-2H3,(H,16,19). The van der Waals surface area contributed by atoms with Crippen LogP contribution in [0.4, 0.5) is 5.69 Å². The fourth-order valence-corrected chi connectivity index (χ4v) is 2.26. The highest BCUT2D eigenvalue weighted by Gasteiger charge is 2.04. The molecule has 104 valence electrons. The van der Waals surface area contributed by atoms with E-state index < -0.39 is 0 Å². The number of aromatic nitrogens is 2. The van der Waals surface area contributed by atoms with Crippen LogP contribution in [-0.4, -0.2) is 21.9 Å². The lowest BCUT2D eigenvalue weighted by Crippen LogP contribution is -2.09. The zero-order valence-electron chi connectivity index (χ0n) is 11.6. The molecule has 0 bridgehead atoms. The van der Waals surface area contributed by atoms with E-state index in [1.807, 2.05) is 43.3 Å². The summed E-state index contributed by atoms with van der Waals surface area (Å²) in [4.78, 5) is 11.4. The number of carbonyl (C=O) groups is 1. The van der Waals surface area contributed by atoms with Gasteiger partial charge in [0.25, 0.3) is 0 Å². The van der Waals surface area contributed by atoms with Crippen LogP contribution in [-0.2, 0) is 4.79 Å². The maximum Gasteiger partial charge on any atom is 0.224 e. The third-order valence-electron chi connectivity index (χ3n) is 2.70. The molecule has 0 aliphatic heterocycles. The lowest BCUT2D eigenvalue weighted by atomic mass is 10.1. The first-order chi connectivity index (χ1) is 9.72. The molecular formula is C15H17N3OS. The lowest BCUT2D eigenvalue weighted by molar-refractivity contribution is -0.115. The molecule has 1 amide bonds. The molecule has 0 saturated carbocycles. The molecule has 1 aromatic carbocycles. The summed E-state index contributed by atoms with van der Waals surface area (Å²) < 4.78 is 0. The average Bonchev–Trinajstić information content (AvgIpc) is 2.48. The predicted molar refractivity (Wildman–Crippen MR) is 82.8 cm³/mol. The summed E-state index contributed by atoms with van der Waals surface area (Å²) in [5.41, 5.74) is 2.53. The van der Waals surface area contributed by atoms with Crippen LogP contribution in [0.1, 0.15) is 20.3 Å². The second-order valence-corrected chi connectivity index (χ2v) is 5.46. The number of thioether (sulfide) groups is 1. The highest BCUT2D eigenvalue weighted by Crippen LogP contribution is 2.22. The Kier molecular flexibility index (Phi) is 5.12. The molecule has 0 aliphatic carbocycles. The van der Waals surface area contributed by atoms with Gasteiger partial charge in [0, 0.05) is 17.7 Å². The van der Waals surface area contributed by atoms with Gasteiger partial charge in [-0.1, -0.05) is 26.0 Å². The maximum absolute atomic E-state index is 11.4. The van der Waals surface area contributed by atoms with Crippen LogP contribution in [0.2, 0.25) is 0 Å². The number of anilines is 1. The zero-order chi connectivity index (χ0) is 14.4. The number of rotatable bonds is 5. The van der Waals surface area contributed by atoms with Crippen molar-refractivity contribution in [2.45, 2.75) is 25.3 Å². The van der Waals surface area contributed by atoms with Crippen molar-refractivity contribution in [2.75, 3.05) is 11.1 Å². The van der Waals surface area contributed by atoms with Crippen LogP contribution in [0, 0.1) is 0 Å². The van der Waals surface area contributed by atoms with Gasteiger partial charge in [-0.2, -0.15) is 0 Å². The van der Waals surface area contributed by atoms with Crippen molar-refractivity contribution >= 4 is 23.4 Å². The fraction of sp³-hybridized carbons (Fsp3) is 0.267. The lowest BCUT2D eigenvalue weighted by Gasteiger charge is -2.06. The molecule has 20 heavy (non-hydrogen) atoms. The number of nitrogens with zero attached hydrogens (tertiary/aromatic N) is 2. The van der Waals surface area contributed by atoms with Crippen molar-refractivity contribution in [2.24, 2.45) is 0 Å². The molecule has 0 radical (unpaired) electrons. The third-order valence-corrected chi connectivity index (χ3v) is 3.50. The molecule has 0 unspecified atom stereocenters. The molecule has 0 aliphatic rings. The Morgan fingerprint density at radius 2 is 2.05 bits per heavy atom. The summed E-state index contributed by atoms with van der Waals surface area (Å²) in [5, 5.41) is 12.2. The molecule has 0 atom stereocenters. The summed E-state index contributed by atoms with van der Waals surface area (Å²) in [6, 6.07) is 11.5. The Balaban J connectivity index is 2.19. The van der Waals surface area contributed by atoms with Gasteiger partial charge in [0.1, 0.15) is 5.03 Å². The van der Waals surface area contributed by atoms with Gasteiger partial charge in [0.15, 0.2) is 0 Å². The highest BCUT2D eigenvalue weighted by molar-refractivity contribution is 7.99. The number of nitrogens with one attached hydrogen (secondary N) is 1. The molecule has 1 heterocycles. The number of hydrogen-bond acceptors (Lipinski definition) is 4. The van der Waals surface area contributed by atoms with Gasteiger partial charge in [-0.05, 0) is 30.0 Å². The second kappa shape index (κ2) is 7.05. The summed E-state index contributed by atoms with van der Waals surface area (Å²) in [5.74, 6) is 0.981. The summed E-state index contributed by atoms with van der Waals surface area (Å²) in [6.45, 7) is 3.91. The molecule has 4 nitrogen and oxygen atoms in total. The maximum atomic E-state index is 11.4. The Morgan fingerprint density at radius 3 is 2.70 bits per heavy atom. The minimum atomic E-state index is 0.00271. The molecule has 1 aromatic heterocycles. The number of carbonyl (C=O) groups excluding carboxylic acids is 1. The van der Waals surface area contributed by atoms with E-state index in [9.17, 15) is 4.79 Å². The van der Waals surface area contributed by atoms with Gasteiger partial charge in [-0.15, -0.1) is 22.0 Å². The van der Waals surface area contributed by atoms with Crippen LogP contribution in [0.5, 0.6) is 0 Å². The largest absolute Gasteiger partial charge is 0.326 e. The van der Waals surface area contributed by atoms with Crippen molar-refractivity contribution in [3.8, 4) is 11.3 Å². The molecule has 0 spiro atoms. The normalized spacial score (nSPS) is 10.3. The SMILES string of the molecule is CCSc1ccc(-c2cccc(NC(=O)CC)c2)nn1. The van der Waals surface area contributed by atoms with E-state index in [2.05, 4.69) is 22.4 Å². The first-order valence-corrected chi connectivity index (χ1v) is 7.58. The zero-order valence-corrected chi connectivity index (χ0v) is 12.4. The van der Waals surface area contributed by atoms with Crippen LogP contribution >= 0.6 is 11.8 Å². The van der Waals surface area contributed by atoms with Crippen molar-refractivity contribution in [1.82, 2.24) is 10.2 Å². The average molecular weight is 287 g/mol. The van der Waals surface area contributed by atoms with Gasteiger partial charge >= 0.3 is 0 Å². The van der Waals surface area contributed by atoms with E-state index in [-0.39, 0.29) is 5.91 Å². The highest BCUT2D eigenvalue weighted by atomic mass is 32.2. The van der Waals surface area contributed by atoms with Crippen LogP contribution in [0.25, 0.3) is 11.3 Å². The molecule has 1 N–H and O–H groups in total. The minimum Gasteiger partial charge on any atom is -0.326 e. The monoisotopic (exact) mass is 287 g/mol. The van der Waals surface area contributed by atoms with Crippen LogP contribution < -0.4 is 5.32 Å². The predicted octanol–water partition coefficient (Wildman–Crippen LogP) is 3.60. The molecule has 0 fully saturated rings. The molecule has 0 saturated heterocycles. The first-order valence-electron chi connectivity index (χ1n) is 6.59. The van der Waals surface area contributed by atoms with Gasteiger partial charge in [0.05, 0.1) is 5.69 Å². The Labute approximate surface area is 123 Å². The van der Waals surface area contributed by atoms with Crippen molar-refractivity contribution in [3.63, 3.8) is 0 Å². The van der Waals surface area contributed by atoms with E-state index >= 15 is 0 Å². The quantitative estimate of drug-likeness (QED) is 0.854. The first kappa shape index (κ1) is 14.5. The Bertz CT molecular complexity index is 584. The summed E-state index contributed by atoms with van der Waals surface area (Å²) in [6.07, 6.45) is 0.465. The number of hydrogen-bond donors (Lipinski definition) is 1. The minimum absolute atomic E-state index is 0.00271. The van der Waals surface area contributed by atoms with Crippen LogP contribution in [0.3, 0.4) is 0 Å². The Morgan fingerprint density at radius 1 is 1.20 bits per heavy atom. The molecule has 2 aromatic rings. The Hall–Kier alpha value is -1.88. The molecular weight excluding hydrogens is 270 g/mol. The van der Waals surface area contributed by atoms with Crippen molar-refractivity contribution < 1.29 is 4.79 Å². The number of amides is 1. The van der Waals surface area contributed by atoms with E-state index in [4.69, 9.17) is 0 Å². The third kappa shape index (κ3) is 3.81. The van der Waals surface area contributed by atoms with E-state index in [0.29, 0.717) is 6.42 Å². The summed E-state index contributed by atoms with van der Waals surface area (Å²) >= 11 is 1.66. The second-order valence-electron chi connectivity index (χ2n) is 4.17. The van der Waals surface area contributed by atoms with E-state index in [1.165, 1.54) is 0 Å². The molecule has 2 rings (SSSR count). The van der Waals surface area contributed by atoms with Gasteiger partial charge in [-0.3, -0.25) is 4.79 Å². The number of benzene rings is 1. The van der Waals surface area contributed by atoms with Crippen molar-refractivity contribution in [3.05, 3.63) is 36.4 Å².